The van der Waals surface area contributed by atoms with Gasteiger partial charge in [0.15, 0.2) is 11.6 Å². The fourth-order valence-corrected chi connectivity index (χ4v) is 2.05. The molecule has 0 fully saturated rings. The molecule has 2 nitrogen and oxygen atoms in total. The Morgan fingerprint density at radius 1 is 0.529 bits per heavy atom. The minimum atomic E-state index is -0.0641. The molecule has 3 heteroatoms. The quantitative estimate of drug-likeness (QED) is 0.578. The van der Waals surface area contributed by atoms with Crippen LogP contribution in [0.1, 0.15) is 31.8 Å². The SMILES string of the molecule is O=C1c2ccccc2C(=O)c2ccccc21.[Pt]. The van der Waals surface area contributed by atoms with Crippen molar-refractivity contribution in [3.63, 3.8) is 0 Å². The summed E-state index contributed by atoms with van der Waals surface area (Å²) in [6.45, 7) is 0. The van der Waals surface area contributed by atoms with Crippen LogP contribution in [0.2, 0.25) is 0 Å². The van der Waals surface area contributed by atoms with Crippen molar-refractivity contribution < 1.29 is 30.7 Å². The van der Waals surface area contributed by atoms with E-state index in [1.807, 2.05) is 0 Å². The Labute approximate surface area is 113 Å². The first-order chi connectivity index (χ1) is 7.79. The van der Waals surface area contributed by atoms with Crippen LogP contribution in [0.3, 0.4) is 0 Å². The number of fused-ring (bicyclic) bond motifs is 2. The van der Waals surface area contributed by atoms with Gasteiger partial charge in [-0.1, -0.05) is 48.5 Å². The van der Waals surface area contributed by atoms with Gasteiger partial charge in [-0.3, -0.25) is 9.59 Å². The molecule has 86 valence electrons. The van der Waals surface area contributed by atoms with Crippen LogP contribution in [-0.4, -0.2) is 11.6 Å². The average Bonchev–Trinajstić information content (AvgIpc) is 2.36. The fourth-order valence-electron chi connectivity index (χ4n) is 2.05. The third kappa shape index (κ3) is 1.69. The van der Waals surface area contributed by atoms with Crippen molar-refractivity contribution in [2.45, 2.75) is 0 Å². The average molecular weight is 403 g/mol. The van der Waals surface area contributed by atoms with Crippen LogP contribution in [0.15, 0.2) is 48.5 Å². The summed E-state index contributed by atoms with van der Waals surface area (Å²) in [7, 11) is 0. The molecule has 0 atom stereocenters. The largest absolute Gasteiger partial charge is 0.289 e. The first-order valence-electron chi connectivity index (χ1n) is 5.06. The molecule has 0 N–H and O–H groups in total. The molecule has 17 heavy (non-hydrogen) atoms. The van der Waals surface area contributed by atoms with Crippen LogP contribution in [-0.2, 0) is 21.1 Å². The second kappa shape index (κ2) is 4.38. The van der Waals surface area contributed by atoms with E-state index in [0.717, 1.165) is 0 Å². The number of hydrogen-bond donors (Lipinski definition) is 0. The maximum absolute atomic E-state index is 12.1. The van der Waals surface area contributed by atoms with Crippen LogP contribution in [0.4, 0.5) is 0 Å². The Hall–Kier alpha value is -1.53. The molecule has 1 aliphatic carbocycles. The Bertz CT molecular complexity index is 512. The first-order valence-corrected chi connectivity index (χ1v) is 5.06. The summed E-state index contributed by atoms with van der Waals surface area (Å²) >= 11 is 0. The van der Waals surface area contributed by atoms with Crippen LogP contribution < -0.4 is 0 Å². The molecule has 0 amide bonds. The van der Waals surface area contributed by atoms with Crippen LogP contribution >= 0.6 is 0 Å². The minimum Gasteiger partial charge on any atom is -0.289 e. The van der Waals surface area contributed by atoms with Crippen molar-refractivity contribution >= 4 is 11.6 Å². The molecule has 0 spiro atoms. The zero-order valence-corrected chi connectivity index (χ0v) is 11.0. The van der Waals surface area contributed by atoms with Gasteiger partial charge in [-0.05, 0) is 0 Å². The van der Waals surface area contributed by atoms with Crippen molar-refractivity contribution in [3.8, 4) is 0 Å². The van der Waals surface area contributed by atoms with Crippen molar-refractivity contribution in [2.75, 3.05) is 0 Å². The Morgan fingerprint density at radius 2 is 0.765 bits per heavy atom. The molecule has 0 radical (unpaired) electrons. The van der Waals surface area contributed by atoms with Gasteiger partial charge in [0, 0.05) is 43.3 Å². The van der Waals surface area contributed by atoms with Crippen LogP contribution in [0.25, 0.3) is 0 Å². The third-order valence-corrected chi connectivity index (χ3v) is 2.83. The van der Waals surface area contributed by atoms with E-state index in [1.165, 1.54) is 0 Å². The molecule has 0 heterocycles. The summed E-state index contributed by atoms with van der Waals surface area (Å²) in [5.41, 5.74) is 2.02. The molecule has 0 unspecified atom stereocenters. The number of carbonyl (C=O) groups excluding carboxylic acids is 2. The molecule has 1 aliphatic rings. The summed E-state index contributed by atoms with van der Waals surface area (Å²) in [4.78, 5) is 24.2. The Morgan fingerprint density at radius 3 is 1.00 bits per heavy atom. The van der Waals surface area contributed by atoms with Gasteiger partial charge in [-0.15, -0.1) is 0 Å². The fraction of sp³-hybridized carbons (Fsp3) is 0. The van der Waals surface area contributed by atoms with Gasteiger partial charge in [0.2, 0.25) is 0 Å². The van der Waals surface area contributed by atoms with Crippen LogP contribution in [0, 0.1) is 0 Å². The van der Waals surface area contributed by atoms with Crippen LogP contribution in [0.5, 0.6) is 0 Å². The van der Waals surface area contributed by atoms with Crippen molar-refractivity contribution in [3.05, 3.63) is 70.8 Å². The normalized spacial score (nSPS) is 12.5. The summed E-state index contributed by atoms with van der Waals surface area (Å²) in [6, 6.07) is 13.9. The number of ketones is 2. The molecular weight excluding hydrogens is 395 g/mol. The first kappa shape index (κ1) is 11.9. The van der Waals surface area contributed by atoms with Gasteiger partial charge in [0.25, 0.3) is 0 Å². The minimum absolute atomic E-state index is 0. The molecule has 0 aliphatic heterocycles. The Kier molecular flexibility index (Phi) is 3.08. The van der Waals surface area contributed by atoms with Gasteiger partial charge in [0.1, 0.15) is 0 Å². The predicted octanol–water partition coefficient (Wildman–Crippen LogP) is 2.46. The summed E-state index contributed by atoms with van der Waals surface area (Å²) in [5, 5.41) is 0. The number of carbonyl (C=O) groups is 2. The van der Waals surface area contributed by atoms with E-state index in [4.69, 9.17) is 0 Å². The second-order valence-corrected chi connectivity index (χ2v) is 3.75. The Balaban J connectivity index is 0.00000108. The summed E-state index contributed by atoms with van der Waals surface area (Å²) in [6.07, 6.45) is 0. The molecule has 2 aromatic carbocycles. The van der Waals surface area contributed by atoms with Gasteiger partial charge in [0.05, 0.1) is 0 Å². The zero-order chi connectivity index (χ0) is 11.1. The van der Waals surface area contributed by atoms with E-state index in [-0.39, 0.29) is 32.6 Å². The summed E-state index contributed by atoms with van der Waals surface area (Å²) < 4.78 is 0. The van der Waals surface area contributed by atoms with Gasteiger partial charge >= 0.3 is 0 Å². The molecular formula is C14H8O2Pt. The monoisotopic (exact) mass is 403 g/mol. The van der Waals surface area contributed by atoms with E-state index in [0.29, 0.717) is 22.3 Å². The van der Waals surface area contributed by atoms with Gasteiger partial charge in [-0.2, -0.15) is 0 Å². The topological polar surface area (TPSA) is 34.1 Å². The van der Waals surface area contributed by atoms with E-state index in [1.54, 1.807) is 48.5 Å². The molecule has 0 bridgehead atoms. The molecule has 3 rings (SSSR count). The molecule has 0 aromatic heterocycles. The third-order valence-electron chi connectivity index (χ3n) is 2.83. The number of benzene rings is 2. The predicted molar refractivity (Wildman–Crippen MR) is 59.7 cm³/mol. The standard InChI is InChI=1S/C14H8O2.Pt/c15-13-9-5-1-2-6-10(9)14(16)12-8-4-3-7-11(12)13;/h1-8H;. The zero-order valence-electron chi connectivity index (χ0n) is 8.75. The molecule has 0 saturated heterocycles. The summed E-state index contributed by atoms with van der Waals surface area (Å²) in [5.74, 6) is -0.128. The number of hydrogen-bond acceptors (Lipinski definition) is 2. The van der Waals surface area contributed by atoms with E-state index in [2.05, 4.69) is 0 Å². The second-order valence-electron chi connectivity index (χ2n) is 3.75. The molecule has 0 saturated carbocycles. The molecule has 2 aromatic rings. The van der Waals surface area contributed by atoms with E-state index >= 15 is 0 Å². The van der Waals surface area contributed by atoms with Crippen molar-refractivity contribution in [1.82, 2.24) is 0 Å². The maximum atomic E-state index is 12.1. The smallest absolute Gasteiger partial charge is 0.194 e. The van der Waals surface area contributed by atoms with E-state index in [9.17, 15) is 9.59 Å². The maximum Gasteiger partial charge on any atom is 0.194 e. The van der Waals surface area contributed by atoms with Gasteiger partial charge in [-0.25, -0.2) is 0 Å². The van der Waals surface area contributed by atoms with Crippen molar-refractivity contribution in [2.24, 2.45) is 0 Å². The van der Waals surface area contributed by atoms with Crippen molar-refractivity contribution in [1.29, 1.82) is 0 Å². The number of rotatable bonds is 0. The van der Waals surface area contributed by atoms with E-state index < -0.39 is 0 Å². The van der Waals surface area contributed by atoms with Gasteiger partial charge < -0.3 is 0 Å².